The van der Waals surface area contributed by atoms with Gasteiger partial charge in [0.1, 0.15) is 0 Å². The third kappa shape index (κ3) is 3.48. The monoisotopic (exact) mass is 250 g/mol. The second kappa shape index (κ2) is 6.05. The van der Waals surface area contributed by atoms with E-state index in [0.717, 1.165) is 0 Å². The van der Waals surface area contributed by atoms with E-state index in [2.05, 4.69) is 5.32 Å². The molecule has 0 fully saturated rings. The molecule has 1 aromatic rings. The fourth-order valence-corrected chi connectivity index (χ4v) is 1.30. The number of hydrogen-bond donors (Lipinski definition) is 2. The molecule has 98 valence electrons. The van der Waals surface area contributed by atoms with Crippen molar-refractivity contribution in [2.75, 3.05) is 17.7 Å². The molecule has 0 spiro atoms. The molecule has 1 rings (SSSR count). The smallest absolute Gasteiger partial charge is 0.338 e. The standard InChI is InChI=1S/C13H18N2O3/c1-4-18-13(17)9-5-6-11(10(14)7-9)15-12(16)8(2)3/h5-8H,4,14H2,1-3H3,(H,15,16). The normalized spacial score (nSPS) is 10.2. The van der Waals surface area contributed by atoms with Crippen LogP contribution in [0.1, 0.15) is 31.1 Å². The first kappa shape index (κ1) is 14.0. The molecule has 0 aliphatic carbocycles. The summed E-state index contributed by atoms with van der Waals surface area (Å²) < 4.78 is 4.86. The van der Waals surface area contributed by atoms with Gasteiger partial charge in [0.2, 0.25) is 5.91 Å². The SMILES string of the molecule is CCOC(=O)c1ccc(NC(=O)C(C)C)c(N)c1. The van der Waals surface area contributed by atoms with Gasteiger partial charge in [-0.25, -0.2) is 4.79 Å². The number of benzene rings is 1. The molecule has 18 heavy (non-hydrogen) atoms. The van der Waals surface area contributed by atoms with Crippen LogP contribution in [0.25, 0.3) is 0 Å². The van der Waals surface area contributed by atoms with Crippen LogP contribution < -0.4 is 11.1 Å². The zero-order valence-corrected chi connectivity index (χ0v) is 10.8. The highest BCUT2D eigenvalue weighted by Gasteiger charge is 2.12. The first-order valence-corrected chi connectivity index (χ1v) is 5.83. The Hall–Kier alpha value is -2.04. The molecule has 0 aromatic heterocycles. The number of anilines is 2. The molecule has 1 aromatic carbocycles. The van der Waals surface area contributed by atoms with E-state index in [4.69, 9.17) is 10.5 Å². The van der Waals surface area contributed by atoms with Crippen molar-refractivity contribution in [2.24, 2.45) is 5.92 Å². The molecule has 0 saturated carbocycles. The van der Waals surface area contributed by atoms with E-state index in [1.54, 1.807) is 32.9 Å². The highest BCUT2D eigenvalue weighted by Crippen LogP contribution is 2.21. The quantitative estimate of drug-likeness (QED) is 0.633. The van der Waals surface area contributed by atoms with Crippen LogP contribution >= 0.6 is 0 Å². The van der Waals surface area contributed by atoms with Crippen LogP contribution in [0.4, 0.5) is 11.4 Å². The largest absolute Gasteiger partial charge is 0.462 e. The van der Waals surface area contributed by atoms with Crippen molar-refractivity contribution in [1.82, 2.24) is 0 Å². The lowest BCUT2D eigenvalue weighted by molar-refractivity contribution is -0.118. The van der Waals surface area contributed by atoms with Gasteiger partial charge in [-0.1, -0.05) is 13.8 Å². The maximum absolute atomic E-state index is 11.5. The van der Waals surface area contributed by atoms with Gasteiger partial charge >= 0.3 is 5.97 Å². The predicted octanol–water partition coefficient (Wildman–Crippen LogP) is 2.04. The lowest BCUT2D eigenvalue weighted by Gasteiger charge is -2.11. The minimum atomic E-state index is -0.425. The highest BCUT2D eigenvalue weighted by molar-refractivity contribution is 5.97. The van der Waals surface area contributed by atoms with Crippen molar-refractivity contribution in [3.8, 4) is 0 Å². The summed E-state index contributed by atoms with van der Waals surface area (Å²) in [5.74, 6) is -0.675. The van der Waals surface area contributed by atoms with Crippen molar-refractivity contribution in [2.45, 2.75) is 20.8 Å². The maximum Gasteiger partial charge on any atom is 0.338 e. The van der Waals surface area contributed by atoms with E-state index >= 15 is 0 Å². The zero-order chi connectivity index (χ0) is 13.7. The zero-order valence-electron chi connectivity index (χ0n) is 10.8. The van der Waals surface area contributed by atoms with Crippen LogP contribution in [0.5, 0.6) is 0 Å². The Balaban J connectivity index is 2.86. The lowest BCUT2D eigenvalue weighted by Crippen LogP contribution is -2.18. The van der Waals surface area contributed by atoms with Gasteiger partial charge in [0.05, 0.1) is 23.5 Å². The second-order valence-corrected chi connectivity index (χ2v) is 4.17. The summed E-state index contributed by atoms with van der Waals surface area (Å²) >= 11 is 0. The number of nitrogen functional groups attached to an aromatic ring is 1. The summed E-state index contributed by atoms with van der Waals surface area (Å²) in [6.07, 6.45) is 0. The van der Waals surface area contributed by atoms with E-state index in [0.29, 0.717) is 23.5 Å². The number of amides is 1. The molecular weight excluding hydrogens is 232 g/mol. The fourth-order valence-electron chi connectivity index (χ4n) is 1.30. The summed E-state index contributed by atoms with van der Waals surface area (Å²) in [5, 5.41) is 2.69. The van der Waals surface area contributed by atoms with E-state index in [-0.39, 0.29) is 11.8 Å². The Morgan fingerprint density at radius 3 is 2.56 bits per heavy atom. The topological polar surface area (TPSA) is 81.4 Å². The van der Waals surface area contributed by atoms with Crippen LogP contribution in [0.2, 0.25) is 0 Å². The van der Waals surface area contributed by atoms with Crippen LogP contribution in [-0.4, -0.2) is 18.5 Å². The van der Waals surface area contributed by atoms with Gasteiger partial charge in [0.15, 0.2) is 0 Å². The lowest BCUT2D eigenvalue weighted by atomic mass is 10.1. The van der Waals surface area contributed by atoms with E-state index in [1.165, 1.54) is 6.07 Å². The summed E-state index contributed by atoms with van der Waals surface area (Å²) in [7, 11) is 0. The van der Waals surface area contributed by atoms with Crippen molar-refractivity contribution in [1.29, 1.82) is 0 Å². The first-order valence-electron chi connectivity index (χ1n) is 5.83. The minimum absolute atomic E-state index is 0.120. The number of esters is 1. The first-order chi connectivity index (χ1) is 8.45. The van der Waals surface area contributed by atoms with Crippen LogP contribution in [0.3, 0.4) is 0 Å². The summed E-state index contributed by atoms with van der Waals surface area (Å²) in [4.78, 5) is 23.0. The molecule has 5 heteroatoms. The highest BCUT2D eigenvalue weighted by atomic mass is 16.5. The van der Waals surface area contributed by atoms with Gasteiger partial charge < -0.3 is 15.8 Å². The third-order valence-electron chi connectivity index (χ3n) is 2.34. The molecule has 0 saturated heterocycles. The Morgan fingerprint density at radius 2 is 2.06 bits per heavy atom. The summed E-state index contributed by atoms with van der Waals surface area (Å²) in [6, 6.07) is 4.67. The molecule has 0 heterocycles. The fraction of sp³-hybridized carbons (Fsp3) is 0.385. The Labute approximate surface area is 106 Å². The Kier molecular flexibility index (Phi) is 4.71. The number of carbonyl (C=O) groups excluding carboxylic acids is 2. The van der Waals surface area contributed by atoms with Gasteiger partial charge in [-0.2, -0.15) is 0 Å². The van der Waals surface area contributed by atoms with E-state index < -0.39 is 5.97 Å². The Bertz CT molecular complexity index is 456. The molecule has 0 unspecified atom stereocenters. The predicted molar refractivity (Wildman–Crippen MR) is 70.3 cm³/mol. The van der Waals surface area contributed by atoms with Crippen molar-refractivity contribution >= 4 is 23.3 Å². The molecule has 0 bridgehead atoms. The van der Waals surface area contributed by atoms with Gasteiger partial charge in [-0.3, -0.25) is 4.79 Å². The molecular formula is C13H18N2O3. The molecule has 0 radical (unpaired) electrons. The Morgan fingerprint density at radius 1 is 1.39 bits per heavy atom. The van der Waals surface area contributed by atoms with Crippen LogP contribution in [0.15, 0.2) is 18.2 Å². The number of nitrogens with one attached hydrogen (secondary N) is 1. The summed E-state index contributed by atoms with van der Waals surface area (Å²) in [6.45, 7) is 5.63. The molecule has 1 amide bonds. The maximum atomic E-state index is 11.5. The van der Waals surface area contributed by atoms with Gasteiger partial charge in [-0.05, 0) is 25.1 Å². The number of hydrogen-bond acceptors (Lipinski definition) is 4. The average molecular weight is 250 g/mol. The molecule has 5 nitrogen and oxygen atoms in total. The molecule has 3 N–H and O–H groups in total. The molecule has 0 aliphatic heterocycles. The van der Waals surface area contributed by atoms with Crippen LogP contribution in [0, 0.1) is 5.92 Å². The number of nitrogens with two attached hydrogens (primary N) is 1. The average Bonchev–Trinajstić information content (AvgIpc) is 2.31. The minimum Gasteiger partial charge on any atom is -0.462 e. The van der Waals surface area contributed by atoms with Crippen molar-refractivity contribution in [3.05, 3.63) is 23.8 Å². The second-order valence-electron chi connectivity index (χ2n) is 4.17. The summed E-state index contributed by atoms with van der Waals surface area (Å²) in [5.41, 5.74) is 7.00. The van der Waals surface area contributed by atoms with Gasteiger partial charge in [-0.15, -0.1) is 0 Å². The number of ether oxygens (including phenoxy) is 1. The third-order valence-corrected chi connectivity index (χ3v) is 2.34. The van der Waals surface area contributed by atoms with E-state index in [1.807, 2.05) is 0 Å². The van der Waals surface area contributed by atoms with Gasteiger partial charge in [0.25, 0.3) is 0 Å². The van der Waals surface area contributed by atoms with Crippen molar-refractivity contribution < 1.29 is 14.3 Å². The van der Waals surface area contributed by atoms with Crippen LogP contribution in [-0.2, 0) is 9.53 Å². The van der Waals surface area contributed by atoms with Gasteiger partial charge in [0, 0.05) is 5.92 Å². The molecule has 0 aliphatic rings. The van der Waals surface area contributed by atoms with E-state index in [9.17, 15) is 9.59 Å². The molecule has 0 atom stereocenters. The number of rotatable bonds is 4. The van der Waals surface area contributed by atoms with Crippen molar-refractivity contribution in [3.63, 3.8) is 0 Å². The number of carbonyl (C=O) groups is 2.